The van der Waals surface area contributed by atoms with Crippen LogP contribution in [0, 0.1) is 0 Å². The number of rotatable bonds is 4. The van der Waals surface area contributed by atoms with Gasteiger partial charge in [-0.15, -0.1) is 0 Å². The molecule has 0 saturated heterocycles. The van der Waals surface area contributed by atoms with Gasteiger partial charge in [0.1, 0.15) is 0 Å². The fourth-order valence-electron chi connectivity index (χ4n) is 3.31. The van der Waals surface area contributed by atoms with Gasteiger partial charge in [-0.25, -0.2) is 17.9 Å². The number of hydrogen-bond donors (Lipinski definition) is 3. The zero-order valence-electron chi connectivity index (χ0n) is 16.7. The maximum atomic E-state index is 13.0. The SMILES string of the molecule is O=C(Nc1ccc(-c2cc(=O)[nH]c3ccccc3c2=O)c(Cl)c1)NS(=O)(=O)C1=CC=C(Cl)C1. The van der Waals surface area contributed by atoms with E-state index >= 15 is 0 Å². The van der Waals surface area contributed by atoms with Gasteiger partial charge in [0.25, 0.3) is 10.0 Å². The van der Waals surface area contributed by atoms with Gasteiger partial charge in [0.2, 0.25) is 5.56 Å². The first kappa shape index (κ1) is 22.8. The number of aromatic amines is 1. The largest absolute Gasteiger partial charge is 0.333 e. The fourth-order valence-corrected chi connectivity index (χ4v) is 4.90. The molecule has 0 fully saturated rings. The minimum atomic E-state index is -4.06. The van der Waals surface area contributed by atoms with Crippen molar-refractivity contribution in [1.29, 1.82) is 0 Å². The lowest BCUT2D eigenvalue weighted by atomic mass is 10.0. The number of para-hydroxylation sites is 1. The van der Waals surface area contributed by atoms with Gasteiger partial charge in [0.05, 0.1) is 15.4 Å². The molecule has 0 aliphatic heterocycles. The van der Waals surface area contributed by atoms with Crippen LogP contribution in [0.4, 0.5) is 10.5 Å². The molecule has 0 saturated carbocycles. The number of sulfonamides is 1. The van der Waals surface area contributed by atoms with Crippen LogP contribution in [-0.2, 0) is 10.0 Å². The Morgan fingerprint density at radius 2 is 1.73 bits per heavy atom. The quantitative estimate of drug-likeness (QED) is 0.494. The molecule has 0 unspecified atom stereocenters. The molecule has 2 aromatic carbocycles. The zero-order chi connectivity index (χ0) is 23.8. The summed E-state index contributed by atoms with van der Waals surface area (Å²) in [6, 6.07) is 11.0. The lowest BCUT2D eigenvalue weighted by Gasteiger charge is -2.11. The molecule has 11 heteroatoms. The molecular formula is C22H15Cl2N3O5S. The summed E-state index contributed by atoms with van der Waals surface area (Å²) in [5.74, 6) is 0. The Kier molecular flexibility index (Phi) is 6.11. The van der Waals surface area contributed by atoms with E-state index in [0.29, 0.717) is 15.9 Å². The lowest BCUT2D eigenvalue weighted by molar-refractivity contribution is 0.256. The second kappa shape index (κ2) is 8.86. The molecule has 3 N–H and O–H groups in total. The van der Waals surface area contributed by atoms with Gasteiger partial charge in [-0.3, -0.25) is 9.59 Å². The first-order valence-corrected chi connectivity index (χ1v) is 11.7. The van der Waals surface area contributed by atoms with E-state index in [1.54, 1.807) is 24.3 Å². The van der Waals surface area contributed by atoms with Gasteiger partial charge in [0, 0.05) is 39.7 Å². The number of urea groups is 1. The van der Waals surface area contributed by atoms with Crippen molar-refractivity contribution >= 4 is 55.8 Å². The number of fused-ring (bicyclic) bond motifs is 1. The van der Waals surface area contributed by atoms with E-state index in [1.165, 1.54) is 30.4 Å². The molecule has 4 rings (SSSR count). The van der Waals surface area contributed by atoms with Gasteiger partial charge < -0.3 is 10.3 Å². The van der Waals surface area contributed by atoms with Gasteiger partial charge in [0.15, 0.2) is 5.43 Å². The zero-order valence-corrected chi connectivity index (χ0v) is 19.0. The summed E-state index contributed by atoms with van der Waals surface area (Å²) >= 11 is 12.1. The maximum absolute atomic E-state index is 13.0. The van der Waals surface area contributed by atoms with Crippen molar-refractivity contribution in [2.45, 2.75) is 6.42 Å². The van der Waals surface area contributed by atoms with Crippen LogP contribution in [-0.4, -0.2) is 19.4 Å². The molecular weight excluding hydrogens is 489 g/mol. The second-order valence-electron chi connectivity index (χ2n) is 7.10. The van der Waals surface area contributed by atoms with Gasteiger partial charge in [-0.05, 0) is 36.4 Å². The standard InChI is InChI=1S/C22H15Cl2N3O5S/c23-12-5-7-14(9-12)33(31,32)27-22(30)25-13-6-8-15(18(24)10-13)17-11-20(28)26-19-4-2-1-3-16(19)21(17)29/h1-8,10-11H,9H2,(H,26,28)(H2,25,27,30). The summed E-state index contributed by atoms with van der Waals surface area (Å²) in [5.41, 5.74) is 0.0522. The van der Waals surface area contributed by atoms with Crippen LogP contribution in [0.1, 0.15) is 6.42 Å². The average molecular weight is 504 g/mol. The summed E-state index contributed by atoms with van der Waals surface area (Å²) < 4.78 is 26.4. The topological polar surface area (TPSA) is 125 Å². The fraction of sp³-hybridized carbons (Fsp3) is 0.0455. The predicted octanol–water partition coefficient (Wildman–Crippen LogP) is 4.07. The Balaban J connectivity index is 1.61. The molecule has 1 aliphatic carbocycles. The van der Waals surface area contributed by atoms with E-state index in [-0.39, 0.29) is 33.2 Å². The highest BCUT2D eigenvalue weighted by molar-refractivity contribution is 7.93. The average Bonchev–Trinajstić information content (AvgIpc) is 3.14. The van der Waals surface area contributed by atoms with Gasteiger partial charge in [-0.1, -0.05) is 41.4 Å². The van der Waals surface area contributed by atoms with Crippen molar-refractivity contribution in [2.24, 2.45) is 0 Å². The number of halogens is 2. The number of anilines is 1. The van der Waals surface area contributed by atoms with Crippen LogP contribution < -0.4 is 21.0 Å². The van der Waals surface area contributed by atoms with E-state index in [2.05, 4.69) is 10.3 Å². The van der Waals surface area contributed by atoms with Gasteiger partial charge >= 0.3 is 6.03 Å². The molecule has 0 bridgehead atoms. The van der Waals surface area contributed by atoms with E-state index in [9.17, 15) is 22.8 Å². The number of benzene rings is 2. The highest BCUT2D eigenvalue weighted by Gasteiger charge is 2.23. The van der Waals surface area contributed by atoms with Crippen molar-refractivity contribution < 1.29 is 13.2 Å². The molecule has 1 aromatic heterocycles. The molecule has 0 spiro atoms. The molecule has 0 atom stereocenters. The third-order valence-corrected chi connectivity index (χ3v) is 6.83. The van der Waals surface area contributed by atoms with Crippen molar-refractivity contribution in [3.63, 3.8) is 0 Å². The monoisotopic (exact) mass is 503 g/mol. The van der Waals surface area contributed by atoms with E-state index in [1.807, 2.05) is 4.72 Å². The van der Waals surface area contributed by atoms with E-state index < -0.39 is 27.0 Å². The number of aromatic nitrogens is 1. The molecule has 1 aliphatic rings. The summed E-state index contributed by atoms with van der Waals surface area (Å²) in [5, 5.41) is 3.12. The Morgan fingerprint density at radius 1 is 0.970 bits per heavy atom. The van der Waals surface area contributed by atoms with Crippen LogP contribution in [0.2, 0.25) is 5.02 Å². The Bertz CT molecular complexity index is 1590. The third kappa shape index (κ3) is 4.85. The molecule has 8 nitrogen and oxygen atoms in total. The normalized spacial score (nSPS) is 13.4. The molecule has 1 heterocycles. The molecule has 0 radical (unpaired) electrons. The van der Waals surface area contributed by atoms with Crippen LogP contribution in [0.25, 0.3) is 22.0 Å². The summed E-state index contributed by atoms with van der Waals surface area (Å²) in [6.07, 6.45) is 2.76. The van der Waals surface area contributed by atoms with Crippen LogP contribution >= 0.6 is 23.2 Å². The number of allylic oxidation sites excluding steroid dienone is 4. The Labute approximate surface area is 197 Å². The van der Waals surface area contributed by atoms with Crippen molar-refractivity contribution in [3.05, 3.63) is 96.2 Å². The number of carbonyl (C=O) groups excluding carboxylic acids is 1. The third-order valence-electron chi connectivity index (χ3n) is 4.83. The lowest BCUT2D eigenvalue weighted by Crippen LogP contribution is -2.34. The maximum Gasteiger partial charge on any atom is 0.333 e. The predicted molar refractivity (Wildman–Crippen MR) is 129 cm³/mol. The van der Waals surface area contributed by atoms with Crippen LogP contribution in [0.3, 0.4) is 0 Å². The van der Waals surface area contributed by atoms with E-state index in [4.69, 9.17) is 23.2 Å². The number of H-pyrrole nitrogens is 1. The van der Waals surface area contributed by atoms with E-state index in [0.717, 1.165) is 6.07 Å². The molecule has 33 heavy (non-hydrogen) atoms. The van der Waals surface area contributed by atoms with Crippen molar-refractivity contribution in [3.8, 4) is 11.1 Å². The van der Waals surface area contributed by atoms with Crippen LogP contribution in [0.5, 0.6) is 0 Å². The Hall–Kier alpha value is -3.40. The number of amides is 2. The smallest absolute Gasteiger partial charge is 0.322 e. The summed E-state index contributed by atoms with van der Waals surface area (Å²) in [4.78, 5) is 40.1. The highest BCUT2D eigenvalue weighted by atomic mass is 35.5. The number of carbonyl (C=O) groups is 1. The molecule has 168 valence electrons. The highest BCUT2D eigenvalue weighted by Crippen LogP contribution is 2.29. The van der Waals surface area contributed by atoms with Crippen molar-refractivity contribution in [1.82, 2.24) is 9.71 Å². The number of hydrogen-bond acceptors (Lipinski definition) is 5. The summed E-state index contributed by atoms with van der Waals surface area (Å²) in [6.45, 7) is 0. The number of nitrogens with one attached hydrogen (secondary N) is 3. The summed E-state index contributed by atoms with van der Waals surface area (Å²) in [7, 11) is -4.06. The Morgan fingerprint density at radius 3 is 2.42 bits per heavy atom. The minimum Gasteiger partial charge on any atom is -0.322 e. The first-order valence-electron chi connectivity index (χ1n) is 9.49. The van der Waals surface area contributed by atoms with Crippen molar-refractivity contribution in [2.75, 3.05) is 5.32 Å². The first-order chi connectivity index (χ1) is 15.6. The van der Waals surface area contributed by atoms with Crippen LogP contribution in [0.15, 0.2) is 80.2 Å². The molecule has 2 amide bonds. The van der Waals surface area contributed by atoms with Gasteiger partial charge in [-0.2, -0.15) is 0 Å². The minimum absolute atomic E-state index is 0.00450. The molecule has 3 aromatic rings. The second-order valence-corrected chi connectivity index (χ2v) is 9.73.